The van der Waals surface area contributed by atoms with Crippen molar-refractivity contribution in [3.8, 4) is 0 Å². The van der Waals surface area contributed by atoms with Crippen molar-refractivity contribution in [2.24, 2.45) is 0 Å². The Morgan fingerprint density at radius 3 is 2.16 bits per heavy atom. The van der Waals surface area contributed by atoms with E-state index in [1.165, 1.54) is 0 Å². The van der Waals surface area contributed by atoms with Gasteiger partial charge in [0, 0.05) is 21.8 Å². The lowest BCUT2D eigenvalue weighted by molar-refractivity contribution is -0.116. The summed E-state index contributed by atoms with van der Waals surface area (Å²) >= 11 is 1.60. The molecule has 3 aromatic rings. The quantitative estimate of drug-likeness (QED) is 0.459. The third-order valence-electron chi connectivity index (χ3n) is 4.45. The zero-order valence-electron chi connectivity index (χ0n) is 18.5. The van der Waals surface area contributed by atoms with Gasteiger partial charge in [-0.2, -0.15) is 0 Å². The van der Waals surface area contributed by atoms with Crippen LogP contribution in [0.15, 0.2) is 93.5 Å². The molecule has 0 bridgehead atoms. The molecule has 0 aliphatic heterocycles. The molecule has 32 heavy (non-hydrogen) atoms. The summed E-state index contributed by atoms with van der Waals surface area (Å²) in [5.74, 6) is -0.0859. The number of amides is 1. The summed E-state index contributed by atoms with van der Waals surface area (Å²) < 4.78 is 27.5. The van der Waals surface area contributed by atoms with Crippen LogP contribution in [-0.2, 0) is 21.2 Å². The minimum Gasteiger partial charge on any atom is -0.325 e. The highest BCUT2D eigenvalue weighted by atomic mass is 32.2. The fraction of sp³-hybridized carbons (Fsp3) is 0.240. The largest absolute Gasteiger partial charge is 0.325 e. The molecule has 2 N–H and O–H groups in total. The Hall–Kier alpha value is -2.61. The SMILES string of the molecule is CC(C)(C)NS(=O)(=O)c1ccc(CCC(=O)Nc2ccccc2Sc2ccccc2)cc1. The molecular formula is C25H28N2O3S2. The van der Waals surface area contributed by atoms with Gasteiger partial charge in [0.15, 0.2) is 0 Å². The fourth-order valence-electron chi connectivity index (χ4n) is 3.04. The molecule has 0 saturated carbocycles. The van der Waals surface area contributed by atoms with Gasteiger partial charge in [-0.15, -0.1) is 0 Å². The lowest BCUT2D eigenvalue weighted by atomic mass is 10.1. The number of carbonyl (C=O) groups excluding carboxylic acids is 1. The molecule has 0 aliphatic rings. The van der Waals surface area contributed by atoms with E-state index in [1.54, 1.807) is 56.8 Å². The van der Waals surface area contributed by atoms with Crippen molar-refractivity contribution in [3.05, 3.63) is 84.4 Å². The molecule has 0 heterocycles. The third-order valence-corrected chi connectivity index (χ3v) is 7.30. The minimum absolute atomic E-state index is 0.0859. The Morgan fingerprint density at radius 2 is 1.50 bits per heavy atom. The van der Waals surface area contributed by atoms with Gasteiger partial charge in [0.1, 0.15) is 0 Å². The van der Waals surface area contributed by atoms with Crippen molar-refractivity contribution in [1.82, 2.24) is 4.72 Å². The lowest BCUT2D eigenvalue weighted by Gasteiger charge is -2.20. The van der Waals surface area contributed by atoms with Crippen LogP contribution >= 0.6 is 11.8 Å². The summed E-state index contributed by atoms with van der Waals surface area (Å²) in [4.78, 5) is 14.8. The Labute approximate surface area is 194 Å². The van der Waals surface area contributed by atoms with Crippen molar-refractivity contribution in [3.63, 3.8) is 0 Å². The summed E-state index contributed by atoms with van der Waals surface area (Å²) in [5, 5.41) is 3.00. The molecule has 0 radical (unpaired) electrons. The van der Waals surface area contributed by atoms with Crippen LogP contribution in [0.4, 0.5) is 5.69 Å². The zero-order valence-corrected chi connectivity index (χ0v) is 20.1. The topological polar surface area (TPSA) is 75.3 Å². The highest BCUT2D eigenvalue weighted by Gasteiger charge is 2.21. The maximum Gasteiger partial charge on any atom is 0.241 e. The third kappa shape index (κ3) is 7.22. The second-order valence-electron chi connectivity index (χ2n) is 8.46. The van der Waals surface area contributed by atoms with Gasteiger partial charge < -0.3 is 5.32 Å². The summed E-state index contributed by atoms with van der Waals surface area (Å²) in [7, 11) is -3.57. The molecule has 0 unspecified atom stereocenters. The van der Waals surface area contributed by atoms with Crippen LogP contribution < -0.4 is 10.0 Å². The van der Waals surface area contributed by atoms with Crippen LogP contribution in [-0.4, -0.2) is 19.9 Å². The average molecular weight is 469 g/mol. The Bertz CT molecular complexity index is 1150. The molecule has 5 nitrogen and oxygen atoms in total. The van der Waals surface area contributed by atoms with Gasteiger partial charge in [0.25, 0.3) is 0 Å². The van der Waals surface area contributed by atoms with Crippen molar-refractivity contribution >= 4 is 33.4 Å². The highest BCUT2D eigenvalue weighted by molar-refractivity contribution is 7.99. The van der Waals surface area contributed by atoms with Gasteiger partial charge >= 0.3 is 0 Å². The molecule has 0 fully saturated rings. The molecule has 0 spiro atoms. The number of para-hydroxylation sites is 1. The van der Waals surface area contributed by atoms with E-state index in [9.17, 15) is 13.2 Å². The van der Waals surface area contributed by atoms with Gasteiger partial charge in [-0.1, -0.05) is 54.2 Å². The first-order valence-corrected chi connectivity index (χ1v) is 12.7. The number of sulfonamides is 1. The summed E-state index contributed by atoms with van der Waals surface area (Å²) in [6, 6.07) is 24.4. The number of benzene rings is 3. The van der Waals surface area contributed by atoms with Crippen molar-refractivity contribution < 1.29 is 13.2 Å². The molecule has 3 rings (SSSR count). The van der Waals surface area contributed by atoms with Gasteiger partial charge in [0.2, 0.25) is 15.9 Å². The van der Waals surface area contributed by atoms with E-state index >= 15 is 0 Å². The van der Waals surface area contributed by atoms with Gasteiger partial charge in [-0.3, -0.25) is 4.79 Å². The van der Waals surface area contributed by atoms with E-state index in [4.69, 9.17) is 0 Å². The van der Waals surface area contributed by atoms with Crippen LogP contribution in [0.3, 0.4) is 0 Å². The van der Waals surface area contributed by atoms with Crippen LogP contribution in [0.2, 0.25) is 0 Å². The predicted molar refractivity (Wildman–Crippen MR) is 130 cm³/mol. The summed E-state index contributed by atoms with van der Waals surface area (Å²) in [6.07, 6.45) is 0.823. The monoisotopic (exact) mass is 468 g/mol. The fourth-order valence-corrected chi connectivity index (χ4v) is 5.38. The number of carbonyl (C=O) groups is 1. The molecule has 0 atom stereocenters. The molecule has 1 amide bonds. The number of hydrogen-bond acceptors (Lipinski definition) is 4. The predicted octanol–water partition coefficient (Wildman–Crippen LogP) is 5.49. The molecule has 0 saturated heterocycles. The van der Waals surface area contributed by atoms with E-state index in [0.29, 0.717) is 12.8 Å². The standard InChI is InChI=1S/C25H28N2O3S2/c1-25(2,3)27-32(29,30)21-16-13-19(14-17-21)15-18-24(28)26-22-11-7-8-12-23(22)31-20-9-5-4-6-10-20/h4-14,16-17,27H,15,18H2,1-3H3,(H,26,28). The number of anilines is 1. The Morgan fingerprint density at radius 1 is 0.875 bits per heavy atom. The molecule has 7 heteroatoms. The van der Waals surface area contributed by atoms with Crippen LogP contribution in [0.25, 0.3) is 0 Å². The van der Waals surface area contributed by atoms with E-state index in [-0.39, 0.29) is 10.8 Å². The number of hydrogen-bond donors (Lipinski definition) is 2. The number of nitrogens with one attached hydrogen (secondary N) is 2. The van der Waals surface area contributed by atoms with Gasteiger partial charge in [-0.05, 0) is 69.2 Å². The summed E-state index contributed by atoms with van der Waals surface area (Å²) in [5.41, 5.74) is 1.13. The highest BCUT2D eigenvalue weighted by Crippen LogP contribution is 2.33. The van der Waals surface area contributed by atoms with Crippen LogP contribution in [0.1, 0.15) is 32.8 Å². The van der Waals surface area contributed by atoms with E-state index < -0.39 is 15.6 Å². The minimum atomic E-state index is -3.57. The maximum atomic E-state index is 12.5. The first kappa shape index (κ1) is 24.0. The second kappa shape index (κ2) is 10.3. The van der Waals surface area contributed by atoms with Crippen molar-refractivity contribution in [2.75, 3.05) is 5.32 Å². The van der Waals surface area contributed by atoms with E-state index in [0.717, 1.165) is 21.0 Å². The van der Waals surface area contributed by atoms with Gasteiger partial charge in [-0.25, -0.2) is 13.1 Å². The summed E-state index contributed by atoms with van der Waals surface area (Å²) in [6.45, 7) is 5.40. The molecular weight excluding hydrogens is 440 g/mol. The first-order chi connectivity index (χ1) is 15.1. The Kier molecular flexibility index (Phi) is 7.77. The van der Waals surface area contributed by atoms with E-state index in [1.807, 2.05) is 54.6 Å². The van der Waals surface area contributed by atoms with Crippen LogP contribution in [0, 0.1) is 0 Å². The van der Waals surface area contributed by atoms with Crippen LogP contribution in [0.5, 0.6) is 0 Å². The first-order valence-electron chi connectivity index (χ1n) is 10.4. The smallest absolute Gasteiger partial charge is 0.241 e. The van der Waals surface area contributed by atoms with Crippen molar-refractivity contribution in [1.29, 1.82) is 0 Å². The lowest BCUT2D eigenvalue weighted by Crippen LogP contribution is -2.40. The van der Waals surface area contributed by atoms with E-state index in [2.05, 4.69) is 10.0 Å². The molecule has 0 aliphatic carbocycles. The van der Waals surface area contributed by atoms with Crippen molar-refractivity contribution in [2.45, 2.75) is 53.8 Å². The molecule has 0 aromatic heterocycles. The number of aryl methyl sites for hydroxylation is 1. The second-order valence-corrected chi connectivity index (χ2v) is 11.3. The normalized spacial score (nSPS) is 11.8. The maximum absolute atomic E-state index is 12.5. The zero-order chi connectivity index (χ0) is 23.2. The number of rotatable bonds is 8. The average Bonchev–Trinajstić information content (AvgIpc) is 2.73. The molecule has 3 aromatic carbocycles. The Balaban J connectivity index is 1.59. The molecule has 168 valence electrons. The van der Waals surface area contributed by atoms with Gasteiger partial charge in [0.05, 0.1) is 10.6 Å².